The predicted octanol–water partition coefficient (Wildman–Crippen LogP) is 1.86. The third-order valence-corrected chi connectivity index (χ3v) is 3.18. The van der Waals surface area contributed by atoms with Gasteiger partial charge in [-0.3, -0.25) is 4.79 Å². The summed E-state index contributed by atoms with van der Waals surface area (Å²) >= 11 is 4.26. The second kappa shape index (κ2) is 4.96. The Morgan fingerprint density at radius 2 is 2.35 bits per heavy atom. The molecule has 3 nitrogen and oxygen atoms in total. The lowest BCUT2D eigenvalue weighted by molar-refractivity contribution is -0.128. The molecule has 1 aliphatic rings. The van der Waals surface area contributed by atoms with Gasteiger partial charge in [-0.05, 0) is 12.1 Å². The first-order valence-corrected chi connectivity index (χ1v) is 5.90. The van der Waals surface area contributed by atoms with E-state index in [0.717, 1.165) is 0 Å². The molecule has 0 aromatic heterocycles. The molecule has 92 valence electrons. The Hall–Kier alpha value is -1.23. The van der Waals surface area contributed by atoms with E-state index in [2.05, 4.69) is 12.6 Å². The number of hydrogen-bond donors (Lipinski definition) is 1. The van der Waals surface area contributed by atoms with E-state index < -0.39 is 0 Å². The van der Waals surface area contributed by atoms with Crippen molar-refractivity contribution >= 4 is 18.5 Å². The van der Waals surface area contributed by atoms with Gasteiger partial charge >= 0.3 is 0 Å². The summed E-state index contributed by atoms with van der Waals surface area (Å²) in [5.41, 5.74) is 0.422. The van der Waals surface area contributed by atoms with E-state index in [4.69, 9.17) is 4.74 Å². The molecule has 1 aromatic carbocycles. The van der Waals surface area contributed by atoms with Crippen molar-refractivity contribution in [2.24, 2.45) is 0 Å². The summed E-state index contributed by atoms with van der Waals surface area (Å²) < 4.78 is 18.8. The van der Waals surface area contributed by atoms with Gasteiger partial charge in [0.25, 0.3) is 0 Å². The van der Waals surface area contributed by atoms with Gasteiger partial charge in [0.2, 0.25) is 5.91 Å². The van der Waals surface area contributed by atoms with Crippen molar-refractivity contribution < 1.29 is 13.9 Å². The first-order valence-electron chi connectivity index (χ1n) is 5.39. The lowest BCUT2D eigenvalue weighted by Gasteiger charge is -2.18. The highest BCUT2D eigenvalue weighted by atomic mass is 32.1. The molecule has 1 fully saturated rings. The summed E-state index contributed by atoms with van der Waals surface area (Å²) in [6, 6.07) is 4.65. The first kappa shape index (κ1) is 12.2. The van der Waals surface area contributed by atoms with Gasteiger partial charge in [-0.15, -0.1) is 0 Å². The fourth-order valence-corrected chi connectivity index (χ4v) is 2.33. The summed E-state index contributed by atoms with van der Waals surface area (Å²) in [5, 5.41) is 0.0419. The van der Waals surface area contributed by atoms with Crippen LogP contribution in [-0.2, 0) is 11.3 Å². The van der Waals surface area contributed by atoms with E-state index in [9.17, 15) is 9.18 Å². The molecule has 1 amide bonds. The first-order chi connectivity index (χ1) is 8.11. The standard InChI is InChI=1S/C12H14FNO2S/c1-16-11-4-2-3-10(13)9(11)7-14-6-8(17)5-12(14)15/h2-4,8,17H,5-7H2,1H3. The van der Waals surface area contributed by atoms with E-state index >= 15 is 0 Å². The van der Waals surface area contributed by atoms with Crippen LogP contribution in [0.2, 0.25) is 0 Å². The summed E-state index contributed by atoms with van der Waals surface area (Å²) in [4.78, 5) is 13.2. The van der Waals surface area contributed by atoms with Crippen LogP contribution in [0, 0.1) is 5.82 Å². The van der Waals surface area contributed by atoms with E-state index in [-0.39, 0.29) is 23.5 Å². The Morgan fingerprint density at radius 3 is 2.94 bits per heavy atom. The number of carbonyl (C=O) groups is 1. The SMILES string of the molecule is COc1cccc(F)c1CN1CC(S)CC1=O. The van der Waals surface area contributed by atoms with Crippen LogP contribution in [-0.4, -0.2) is 29.7 Å². The summed E-state index contributed by atoms with van der Waals surface area (Å²) in [7, 11) is 1.49. The quantitative estimate of drug-likeness (QED) is 0.835. The average molecular weight is 255 g/mol. The zero-order valence-corrected chi connectivity index (χ0v) is 10.4. The van der Waals surface area contributed by atoms with Crippen LogP contribution >= 0.6 is 12.6 Å². The molecule has 1 heterocycles. The predicted molar refractivity (Wildman–Crippen MR) is 65.8 cm³/mol. The van der Waals surface area contributed by atoms with Crippen molar-refractivity contribution in [2.75, 3.05) is 13.7 Å². The minimum Gasteiger partial charge on any atom is -0.496 e. The highest BCUT2D eigenvalue weighted by molar-refractivity contribution is 7.81. The Morgan fingerprint density at radius 1 is 1.59 bits per heavy atom. The third kappa shape index (κ3) is 2.54. The van der Waals surface area contributed by atoms with Gasteiger partial charge in [-0.25, -0.2) is 4.39 Å². The number of halogens is 1. The van der Waals surface area contributed by atoms with Gasteiger partial charge < -0.3 is 9.64 Å². The molecule has 1 unspecified atom stereocenters. The number of methoxy groups -OCH3 is 1. The van der Waals surface area contributed by atoms with Gasteiger partial charge in [-0.2, -0.15) is 12.6 Å². The van der Waals surface area contributed by atoms with Crippen molar-refractivity contribution in [3.63, 3.8) is 0 Å². The molecular formula is C12H14FNO2S. The van der Waals surface area contributed by atoms with Crippen LogP contribution in [0.5, 0.6) is 5.75 Å². The average Bonchev–Trinajstić information content (AvgIpc) is 2.60. The van der Waals surface area contributed by atoms with E-state index in [0.29, 0.717) is 24.3 Å². The molecule has 0 N–H and O–H groups in total. The van der Waals surface area contributed by atoms with Crippen LogP contribution < -0.4 is 4.74 Å². The number of benzene rings is 1. The molecule has 17 heavy (non-hydrogen) atoms. The smallest absolute Gasteiger partial charge is 0.224 e. The van der Waals surface area contributed by atoms with Crippen molar-refractivity contribution in [2.45, 2.75) is 18.2 Å². The topological polar surface area (TPSA) is 29.5 Å². The second-order valence-electron chi connectivity index (χ2n) is 4.05. The van der Waals surface area contributed by atoms with Crippen LogP contribution in [0.15, 0.2) is 18.2 Å². The molecule has 1 saturated heterocycles. The van der Waals surface area contributed by atoms with E-state index in [1.807, 2.05) is 0 Å². The van der Waals surface area contributed by atoms with Crippen LogP contribution in [0.3, 0.4) is 0 Å². The van der Waals surface area contributed by atoms with Gasteiger partial charge in [-0.1, -0.05) is 6.07 Å². The molecule has 1 aromatic rings. The summed E-state index contributed by atoms with van der Waals surface area (Å²) in [5.74, 6) is 0.135. The maximum absolute atomic E-state index is 13.7. The maximum atomic E-state index is 13.7. The molecular weight excluding hydrogens is 241 g/mol. The summed E-state index contributed by atoms with van der Waals surface area (Å²) in [6.45, 7) is 0.797. The molecule has 0 bridgehead atoms. The number of carbonyl (C=O) groups excluding carboxylic acids is 1. The highest BCUT2D eigenvalue weighted by Gasteiger charge is 2.28. The van der Waals surface area contributed by atoms with Gasteiger partial charge in [0.05, 0.1) is 13.7 Å². The highest BCUT2D eigenvalue weighted by Crippen LogP contribution is 2.25. The molecule has 5 heteroatoms. The van der Waals surface area contributed by atoms with Gasteiger partial charge in [0, 0.05) is 23.8 Å². The normalized spacial score (nSPS) is 19.8. The van der Waals surface area contributed by atoms with Crippen molar-refractivity contribution in [3.8, 4) is 5.75 Å². The van der Waals surface area contributed by atoms with Crippen LogP contribution in [0.4, 0.5) is 4.39 Å². The molecule has 0 saturated carbocycles. The van der Waals surface area contributed by atoms with Gasteiger partial charge in [0.15, 0.2) is 0 Å². The number of likely N-dealkylation sites (tertiary alicyclic amines) is 1. The Balaban J connectivity index is 2.21. The minimum absolute atomic E-state index is 0.00954. The van der Waals surface area contributed by atoms with Crippen LogP contribution in [0.1, 0.15) is 12.0 Å². The fraction of sp³-hybridized carbons (Fsp3) is 0.417. The summed E-state index contributed by atoms with van der Waals surface area (Å²) in [6.07, 6.45) is 0.417. The zero-order valence-electron chi connectivity index (χ0n) is 9.52. The lowest BCUT2D eigenvalue weighted by Crippen LogP contribution is -2.25. The Labute approximate surface area is 105 Å². The Kier molecular flexibility index (Phi) is 3.57. The molecule has 1 aliphatic heterocycles. The van der Waals surface area contributed by atoms with Crippen molar-refractivity contribution in [1.82, 2.24) is 4.90 Å². The largest absolute Gasteiger partial charge is 0.496 e. The monoisotopic (exact) mass is 255 g/mol. The fourth-order valence-electron chi connectivity index (χ4n) is 1.98. The van der Waals surface area contributed by atoms with Crippen molar-refractivity contribution in [1.29, 1.82) is 0 Å². The lowest BCUT2D eigenvalue weighted by atomic mass is 10.1. The molecule has 0 radical (unpaired) electrons. The van der Waals surface area contributed by atoms with Crippen LogP contribution in [0.25, 0.3) is 0 Å². The number of amides is 1. The maximum Gasteiger partial charge on any atom is 0.224 e. The van der Waals surface area contributed by atoms with Gasteiger partial charge in [0.1, 0.15) is 11.6 Å². The molecule has 0 aliphatic carbocycles. The number of rotatable bonds is 3. The molecule has 2 rings (SSSR count). The zero-order chi connectivity index (χ0) is 12.4. The number of ether oxygens (including phenoxy) is 1. The van der Waals surface area contributed by atoms with E-state index in [1.165, 1.54) is 13.2 Å². The molecule has 1 atom stereocenters. The Bertz CT molecular complexity index is 439. The number of hydrogen-bond acceptors (Lipinski definition) is 3. The molecule has 0 spiro atoms. The number of thiol groups is 1. The van der Waals surface area contributed by atoms with E-state index in [1.54, 1.807) is 17.0 Å². The minimum atomic E-state index is -0.347. The number of nitrogens with zero attached hydrogens (tertiary/aromatic N) is 1. The van der Waals surface area contributed by atoms with Crippen molar-refractivity contribution in [3.05, 3.63) is 29.6 Å². The third-order valence-electron chi connectivity index (χ3n) is 2.84. The second-order valence-corrected chi connectivity index (χ2v) is 4.78.